The molecule has 0 radical (unpaired) electrons. The lowest BCUT2D eigenvalue weighted by atomic mass is 10.1. The van der Waals surface area contributed by atoms with E-state index in [0.29, 0.717) is 11.3 Å². The van der Waals surface area contributed by atoms with E-state index in [1.807, 2.05) is 0 Å². The average Bonchev–Trinajstić information content (AvgIpc) is 3.24. The van der Waals surface area contributed by atoms with Gasteiger partial charge in [0, 0.05) is 0 Å². The van der Waals surface area contributed by atoms with E-state index >= 15 is 0 Å². The molecule has 0 unspecified atom stereocenters. The lowest BCUT2D eigenvalue weighted by molar-refractivity contribution is -0.145. The van der Waals surface area contributed by atoms with Gasteiger partial charge in [-0.1, -0.05) is 25.1 Å². The van der Waals surface area contributed by atoms with Crippen molar-refractivity contribution in [3.63, 3.8) is 0 Å². The number of carbonyl (C=O) groups is 1. The molecule has 0 aliphatic heterocycles. The molecule has 2 aliphatic carbocycles. The largest absolute Gasteiger partial charge is 0.469 e. The molecule has 1 aromatic rings. The van der Waals surface area contributed by atoms with Gasteiger partial charge in [-0.05, 0) is 24.5 Å². The third kappa shape index (κ3) is 0.983. The van der Waals surface area contributed by atoms with Crippen LogP contribution in [0.25, 0.3) is 0 Å². The van der Waals surface area contributed by atoms with Crippen molar-refractivity contribution in [2.45, 2.75) is 23.0 Å². The van der Waals surface area contributed by atoms with Gasteiger partial charge >= 0.3 is 5.97 Å². The molecule has 0 aromatic heterocycles. The van der Waals surface area contributed by atoms with E-state index in [0.717, 1.165) is 0 Å². The summed E-state index contributed by atoms with van der Waals surface area (Å²) in [5.41, 5.74) is -0.781. The van der Waals surface area contributed by atoms with E-state index in [4.69, 9.17) is 4.74 Å². The molecule has 0 heterocycles. The van der Waals surface area contributed by atoms with Crippen LogP contribution in [0.4, 0.5) is 0 Å². The Kier molecular flexibility index (Phi) is 2.05. The van der Waals surface area contributed by atoms with Gasteiger partial charge in [0.25, 0.3) is 0 Å². The summed E-state index contributed by atoms with van der Waals surface area (Å²) in [5, 5.41) is 0. The Hall–Kier alpha value is -1.36. The molecule has 4 nitrogen and oxygen atoms in total. The second-order valence-corrected chi connectivity index (χ2v) is 7.27. The molecule has 0 bridgehead atoms. The number of hydrogen-bond donors (Lipinski definition) is 0. The maximum absolute atomic E-state index is 12.6. The highest BCUT2D eigenvalue weighted by molar-refractivity contribution is 7.93. The van der Waals surface area contributed by atoms with Crippen molar-refractivity contribution in [1.29, 1.82) is 0 Å². The summed E-state index contributed by atoms with van der Waals surface area (Å²) in [4.78, 5) is 12.0. The molecule has 0 amide bonds. The normalized spacial score (nSPS) is 36.7. The molecule has 3 atom stereocenters. The van der Waals surface area contributed by atoms with Gasteiger partial charge < -0.3 is 4.74 Å². The van der Waals surface area contributed by atoms with Crippen LogP contribution in [0.5, 0.6) is 0 Å². The third-order valence-electron chi connectivity index (χ3n) is 4.61. The maximum Gasteiger partial charge on any atom is 0.313 e. The smallest absolute Gasteiger partial charge is 0.313 e. The lowest BCUT2D eigenvalue weighted by Gasteiger charge is -2.09. The molecule has 1 aromatic carbocycles. The van der Waals surface area contributed by atoms with Crippen LogP contribution in [0.2, 0.25) is 0 Å². The molecule has 0 spiro atoms. The van der Waals surface area contributed by atoms with Crippen LogP contribution < -0.4 is 0 Å². The minimum Gasteiger partial charge on any atom is -0.469 e. The minimum atomic E-state index is -3.45. The fourth-order valence-corrected chi connectivity index (χ4v) is 6.01. The lowest BCUT2D eigenvalue weighted by Crippen LogP contribution is -2.17. The van der Waals surface area contributed by atoms with Gasteiger partial charge in [0.2, 0.25) is 0 Å². The number of ether oxygens (including phenoxy) is 1. The predicted molar refractivity (Wildman–Crippen MR) is 64.6 cm³/mol. The number of benzene rings is 1. The fraction of sp³-hybridized carbons (Fsp3) is 0.462. The number of rotatable bonds is 3. The Bertz CT molecular complexity index is 622. The number of esters is 1. The molecule has 2 saturated carbocycles. The zero-order valence-electron chi connectivity index (χ0n) is 10.2. The van der Waals surface area contributed by atoms with Gasteiger partial charge in [-0.15, -0.1) is 0 Å². The van der Waals surface area contributed by atoms with E-state index < -0.39 is 26.0 Å². The molecular weight excluding hydrogens is 252 g/mol. The van der Waals surface area contributed by atoms with Crippen molar-refractivity contribution in [3.8, 4) is 0 Å². The molecule has 5 heteroatoms. The van der Waals surface area contributed by atoms with Crippen LogP contribution in [-0.2, 0) is 19.4 Å². The van der Waals surface area contributed by atoms with Crippen LogP contribution in [0, 0.1) is 11.3 Å². The quantitative estimate of drug-likeness (QED) is 0.776. The van der Waals surface area contributed by atoms with Crippen LogP contribution in [0.3, 0.4) is 0 Å². The average molecular weight is 266 g/mol. The second-order valence-electron chi connectivity index (χ2n) is 5.07. The van der Waals surface area contributed by atoms with Crippen molar-refractivity contribution in [2.75, 3.05) is 7.11 Å². The monoisotopic (exact) mass is 266 g/mol. The molecule has 2 aliphatic rings. The standard InChI is InChI=1S/C13H14O4S/c1-9-12(11(14)17-2)8-13(9,12)18(15,16)10-6-4-3-5-7-10/h3-7,9H,8H2,1-2H3/t9-,12-,13-/m1/s1. The predicted octanol–water partition coefficient (Wildman–Crippen LogP) is 1.41. The Morgan fingerprint density at radius 2 is 1.94 bits per heavy atom. The zero-order valence-corrected chi connectivity index (χ0v) is 11.0. The highest BCUT2D eigenvalue weighted by atomic mass is 32.2. The minimum absolute atomic E-state index is 0.150. The Labute approximate surface area is 106 Å². The van der Waals surface area contributed by atoms with Crippen LogP contribution >= 0.6 is 0 Å². The van der Waals surface area contributed by atoms with Crippen molar-refractivity contribution >= 4 is 15.8 Å². The van der Waals surface area contributed by atoms with E-state index in [1.165, 1.54) is 7.11 Å². The first kappa shape index (κ1) is 11.7. The van der Waals surface area contributed by atoms with Gasteiger partial charge in [-0.25, -0.2) is 8.42 Å². The van der Waals surface area contributed by atoms with Crippen molar-refractivity contribution in [1.82, 2.24) is 0 Å². The van der Waals surface area contributed by atoms with Crippen LogP contribution in [0.15, 0.2) is 35.2 Å². The first-order valence-electron chi connectivity index (χ1n) is 5.83. The Balaban J connectivity index is 2.03. The first-order valence-corrected chi connectivity index (χ1v) is 7.31. The summed E-state index contributed by atoms with van der Waals surface area (Å²) in [6.07, 6.45) is 0.394. The van der Waals surface area contributed by atoms with Gasteiger partial charge in [0.15, 0.2) is 9.84 Å². The number of carbonyl (C=O) groups excluding carboxylic acids is 1. The first-order chi connectivity index (χ1) is 8.45. The van der Waals surface area contributed by atoms with Gasteiger partial charge in [0.05, 0.1) is 22.2 Å². The van der Waals surface area contributed by atoms with Crippen LogP contribution in [-0.4, -0.2) is 26.2 Å². The Morgan fingerprint density at radius 1 is 1.33 bits per heavy atom. The molecule has 18 heavy (non-hydrogen) atoms. The maximum atomic E-state index is 12.6. The number of fused-ring (bicyclic) bond motifs is 1. The Morgan fingerprint density at radius 3 is 2.44 bits per heavy atom. The molecule has 96 valence electrons. The molecular formula is C13H14O4S. The summed E-state index contributed by atoms with van der Waals surface area (Å²) >= 11 is 0. The van der Waals surface area contributed by atoms with Gasteiger partial charge in [-0.2, -0.15) is 0 Å². The number of sulfone groups is 1. The zero-order chi connectivity index (χ0) is 13.2. The van der Waals surface area contributed by atoms with Crippen molar-refractivity contribution in [2.24, 2.45) is 11.3 Å². The SMILES string of the molecule is COC(=O)[C@]12C[C@@]1(S(=O)(=O)c1ccccc1)[C@@H]2C. The van der Waals surface area contributed by atoms with Crippen LogP contribution in [0.1, 0.15) is 13.3 Å². The summed E-state index contributed by atoms with van der Waals surface area (Å²) in [7, 11) is -2.15. The molecule has 2 fully saturated rings. The number of hydrogen-bond acceptors (Lipinski definition) is 4. The van der Waals surface area contributed by atoms with E-state index in [2.05, 4.69) is 0 Å². The fourth-order valence-electron chi connectivity index (χ4n) is 3.31. The second kappa shape index (κ2) is 3.15. The summed E-state index contributed by atoms with van der Waals surface area (Å²) < 4.78 is 29.0. The summed E-state index contributed by atoms with van der Waals surface area (Å²) in [6, 6.07) is 8.32. The van der Waals surface area contributed by atoms with Crippen molar-refractivity contribution in [3.05, 3.63) is 30.3 Å². The summed E-state index contributed by atoms with van der Waals surface area (Å²) in [6.45, 7) is 1.81. The van der Waals surface area contributed by atoms with E-state index in [9.17, 15) is 13.2 Å². The highest BCUT2D eigenvalue weighted by Crippen LogP contribution is 2.87. The molecule has 0 saturated heterocycles. The third-order valence-corrected chi connectivity index (χ3v) is 7.32. The highest BCUT2D eigenvalue weighted by Gasteiger charge is 2.99. The van der Waals surface area contributed by atoms with Gasteiger partial charge in [-0.3, -0.25) is 4.79 Å². The number of methoxy groups -OCH3 is 1. The van der Waals surface area contributed by atoms with Gasteiger partial charge in [0.1, 0.15) is 0 Å². The van der Waals surface area contributed by atoms with E-state index in [1.54, 1.807) is 37.3 Å². The van der Waals surface area contributed by atoms with E-state index in [-0.39, 0.29) is 5.92 Å². The molecule has 3 rings (SSSR count). The van der Waals surface area contributed by atoms with Crippen molar-refractivity contribution < 1.29 is 17.9 Å². The summed E-state index contributed by atoms with van der Waals surface area (Å²) in [5.74, 6) is -0.544. The molecule has 0 N–H and O–H groups in total. The topological polar surface area (TPSA) is 60.4 Å².